The number of aryl methyl sites for hydroxylation is 3. The highest BCUT2D eigenvalue weighted by molar-refractivity contribution is 7.90. The number of benzene rings is 5. The molecule has 3 heterocycles. The molecule has 0 fully saturated rings. The Balaban J connectivity index is 1.09. The predicted octanol–water partition coefficient (Wildman–Crippen LogP) is 8.21. The molecular formula is C45H42N6O2S. The predicted molar refractivity (Wildman–Crippen MR) is 213 cm³/mol. The number of fused-ring (bicyclic) bond motifs is 1. The first-order valence-electron chi connectivity index (χ1n) is 18.3. The number of sulfone groups is 1. The number of hydrogen-bond acceptors (Lipinski definition) is 5. The summed E-state index contributed by atoms with van der Waals surface area (Å²) in [6.45, 7) is 0.700. The number of hydrogen-bond donors (Lipinski definition) is 1. The Morgan fingerprint density at radius 3 is 1.98 bits per heavy atom. The van der Waals surface area contributed by atoms with E-state index < -0.39 is 15.4 Å². The van der Waals surface area contributed by atoms with Crippen molar-refractivity contribution < 1.29 is 8.42 Å². The van der Waals surface area contributed by atoms with Gasteiger partial charge in [0.25, 0.3) is 0 Å². The summed E-state index contributed by atoms with van der Waals surface area (Å²) < 4.78 is 29.2. The zero-order chi connectivity index (χ0) is 37.0. The highest BCUT2D eigenvalue weighted by atomic mass is 32.2. The maximum absolute atomic E-state index is 12.3. The Labute approximate surface area is 316 Å². The lowest BCUT2D eigenvalue weighted by Gasteiger charge is -2.37. The molecule has 270 valence electrons. The van der Waals surface area contributed by atoms with Crippen LogP contribution in [-0.4, -0.2) is 44.0 Å². The van der Waals surface area contributed by atoms with Crippen LogP contribution < -0.4 is 0 Å². The first-order valence-corrected chi connectivity index (χ1v) is 20.2. The highest BCUT2D eigenvalue weighted by Crippen LogP contribution is 2.40. The Hall–Kier alpha value is -6.06. The highest BCUT2D eigenvalue weighted by Gasteiger charge is 2.38. The summed E-state index contributed by atoms with van der Waals surface area (Å²) in [5.74, 6) is 1.73. The van der Waals surface area contributed by atoms with Gasteiger partial charge in [0.2, 0.25) is 0 Å². The fraction of sp³-hybridized carbons (Fsp3) is 0.178. The molecule has 0 aliphatic carbocycles. The van der Waals surface area contributed by atoms with Crippen LogP contribution in [0.5, 0.6) is 0 Å². The van der Waals surface area contributed by atoms with Gasteiger partial charge in [0.15, 0.2) is 9.84 Å². The Morgan fingerprint density at radius 2 is 1.31 bits per heavy atom. The average Bonchev–Trinajstić information content (AvgIpc) is 3.95. The lowest BCUT2D eigenvalue weighted by atomic mass is 9.77. The van der Waals surface area contributed by atoms with Crippen LogP contribution in [0.3, 0.4) is 0 Å². The van der Waals surface area contributed by atoms with Crippen molar-refractivity contribution in [1.29, 1.82) is 0 Å². The first-order chi connectivity index (χ1) is 26.4. The minimum absolute atomic E-state index is 0.304. The Kier molecular flexibility index (Phi) is 9.80. The maximum atomic E-state index is 12.3. The number of H-pyrrole nitrogens is 1. The molecule has 8 aromatic rings. The molecule has 8 nitrogen and oxygen atoms in total. The van der Waals surface area contributed by atoms with Crippen molar-refractivity contribution in [2.24, 2.45) is 0 Å². The van der Waals surface area contributed by atoms with Crippen LogP contribution in [0, 0.1) is 0 Å². The molecule has 0 aliphatic heterocycles. The molecule has 0 amide bonds. The van der Waals surface area contributed by atoms with Crippen molar-refractivity contribution in [3.8, 4) is 0 Å². The third-order valence-corrected chi connectivity index (χ3v) is 11.4. The van der Waals surface area contributed by atoms with Gasteiger partial charge in [-0.3, -0.25) is 0 Å². The molecule has 9 heteroatoms. The van der Waals surface area contributed by atoms with Crippen molar-refractivity contribution in [1.82, 2.24) is 29.3 Å². The van der Waals surface area contributed by atoms with Crippen molar-refractivity contribution in [2.45, 2.75) is 49.1 Å². The molecule has 0 radical (unpaired) electrons. The zero-order valence-corrected chi connectivity index (χ0v) is 31.0. The van der Waals surface area contributed by atoms with E-state index in [1.165, 1.54) is 17.2 Å². The molecule has 5 aromatic carbocycles. The second kappa shape index (κ2) is 15.1. The van der Waals surface area contributed by atoms with E-state index in [0.717, 1.165) is 70.8 Å². The molecule has 0 spiro atoms. The second-order valence-corrected chi connectivity index (χ2v) is 15.8. The molecule has 0 bridgehead atoms. The summed E-state index contributed by atoms with van der Waals surface area (Å²) in [6, 6.07) is 47.3. The van der Waals surface area contributed by atoms with E-state index in [4.69, 9.17) is 10.1 Å². The smallest absolute Gasteiger partial charge is 0.175 e. The molecule has 1 N–H and O–H groups in total. The van der Waals surface area contributed by atoms with E-state index in [1.807, 2.05) is 18.5 Å². The van der Waals surface area contributed by atoms with Gasteiger partial charge in [0.05, 0.1) is 16.9 Å². The van der Waals surface area contributed by atoms with Gasteiger partial charge in [-0.2, -0.15) is 0 Å². The van der Waals surface area contributed by atoms with Gasteiger partial charge < -0.3 is 14.1 Å². The molecule has 3 aromatic heterocycles. The number of para-hydroxylation sites is 1. The number of nitrogens with one attached hydrogen (secondary N) is 1. The lowest BCUT2D eigenvalue weighted by molar-refractivity contribution is 0.513. The van der Waals surface area contributed by atoms with Gasteiger partial charge in [-0.15, -0.1) is 10.2 Å². The van der Waals surface area contributed by atoms with E-state index in [9.17, 15) is 8.42 Å². The molecule has 54 heavy (non-hydrogen) atoms. The first kappa shape index (κ1) is 35.0. The maximum Gasteiger partial charge on any atom is 0.175 e. The Morgan fingerprint density at radius 1 is 0.685 bits per heavy atom. The van der Waals surface area contributed by atoms with E-state index in [1.54, 1.807) is 18.2 Å². The van der Waals surface area contributed by atoms with Crippen molar-refractivity contribution in [3.63, 3.8) is 0 Å². The molecule has 0 saturated heterocycles. The summed E-state index contributed by atoms with van der Waals surface area (Å²) in [5, 5.41) is 10.6. The quantitative estimate of drug-likeness (QED) is 0.114. The SMILES string of the molecule is CS(=O)(=O)c1cccc(Cc2nnc(CCc3c[nH]c4ccccc34)n2CCCc2cn(C(c3ccccc3)(c3ccccc3)c3ccccc3)cn2)c1. The van der Waals surface area contributed by atoms with E-state index >= 15 is 0 Å². The molecule has 0 aliphatic rings. The zero-order valence-electron chi connectivity index (χ0n) is 30.2. The molecular weight excluding hydrogens is 689 g/mol. The monoisotopic (exact) mass is 730 g/mol. The summed E-state index contributed by atoms with van der Waals surface area (Å²) >= 11 is 0. The fourth-order valence-corrected chi connectivity index (χ4v) is 8.37. The van der Waals surface area contributed by atoms with Crippen molar-refractivity contribution in [2.75, 3.05) is 6.26 Å². The normalized spacial score (nSPS) is 12.0. The molecule has 0 saturated carbocycles. The second-order valence-electron chi connectivity index (χ2n) is 13.8. The van der Waals surface area contributed by atoms with Gasteiger partial charge in [-0.25, -0.2) is 13.4 Å². The summed E-state index contributed by atoms with van der Waals surface area (Å²) in [4.78, 5) is 8.68. The van der Waals surface area contributed by atoms with Crippen LogP contribution in [0.1, 0.15) is 51.6 Å². The molecule has 8 rings (SSSR count). The van der Waals surface area contributed by atoms with Gasteiger partial charge in [-0.1, -0.05) is 121 Å². The number of rotatable bonds is 14. The van der Waals surface area contributed by atoms with Crippen LogP contribution in [0.4, 0.5) is 0 Å². The van der Waals surface area contributed by atoms with Crippen molar-refractivity contribution in [3.05, 3.63) is 203 Å². The van der Waals surface area contributed by atoms with Gasteiger partial charge in [0.1, 0.15) is 17.2 Å². The fourth-order valence-electron chi connectivity index (χ4n) is 7.68. The Bertz CT molecular complexity index is 2500. The van der Waals surface area contributed by atoms with Crippen molar-refractivity contribution >= 4 is 20.7 Å². The summed E-state index contributed by atoms with van der Waals surface area (Å²) in [6.07, 6.45) is 11.1. The van der Waals surface area contributed by atoms with Crippen LogP contribution in [0.25, 0.3) is 10.9 Å². The minimum Gasteiger partial charge on any atom is -0.361 e. The lowest BCUT2D eigenvalue weighted by Crippen LogP contribution is -2.36. The number of aromatic amines is 1. The third-order valence-electron chi connectivity index (χ3n) is 10.3. The minimum atomic E-state index is -3.34. The van der Waals surface area contributed by atoms with Crippen LogP contribution in [0.15, 0.2) is 163 Å². The third kappa shape index (κ3) is 7.02. The topological polar surface area (TPSA) is 98.5 Å². The summed E-state index contributed by atoms with van der Waals surface area (Å²) in [7, 11) is -3.34. The number of imidazole rings is 1. The van der Waals surface area contributed by atoms with Crippen LogP contribution in [0.2, 0.25) is 0 Å². The van der Waals surface area contributed by atoms with Crippen LogP contribution in [-0.2, 0) is 47.6 Å². The van der Waals surface area contributed by atoms with E-state index in [-0.39, 0.29) is 0 Å². The summed E-state index contributed by atoms with van der Waals surface area (Å²) in [5.41, 5.74) is 7.08. The largest absolute Gasteiger partial charge is 0.361 e. The molecule has 0 unspecified atom stereocenters. The average molecular weight is 731 g/mol. The number of nitrogens with zero attached hydrogens (tertiary/aromatic N) is 5. The standard InChI is InChI=1S/C45H42N6O2S/c1-54(52,53)40-23-13-15-34(29-40)30-44-49-48-43(27-26-35-31-46-42-25-12-11-24-41(35)42)51(44)28-14-22-39-32-50(33-47-39)45(36-16-5-2-6-17-36,37-18-7-3-8-19-37)38-20-9-4-10-21-38/h2-13,15-21,23-25,29,31-33,46H,14,22,26-28,30H2,1H3. The van der Waals surface area contributed by atoms with Gasteiger partial charge in [-0.05, 0) is 65.3 Å². The van der Waals surface area contributed by atoms with E-state index in [0.29, 0.717) is 17.9 Å². The van der Waals surface area contributed by atoms with Gasteiger partial charge in [0, 0.05) is 48.9 Å². The number of aromatic nitrogens is 6. The van der Waals surface area contributed by atoms with Gasteiger partial charge >= 0.3 is 0 Å². The van der Waals surface area contributed by atoms with E-state index in [2.05, 4.69) is 141 Å². The molecule has 0 atom stereocenters. The van der Waals surface area contributed by atoms with Crippen LogP contribution >= 0.6 is 0 Å².